The number of rotatable bonds is 7. The Hall–Kier alpha value is -4.01. The van der Waals surface area contributed by atoms with E-state index in [4.69, 9.17) is 4.74 Å². The molecule has 1 unspecified atom stereocenters. The van der Waals surface area contributed by atoms with Crippen molar-refractivity contribution in [3.63, 3.8) is 0 Å². The van der Waals surface area contributed by atoms with E-state index in [9.17, 15) is 27.9 Å². The Bertz CT molecular complexity index is 1310. The number of benzene rings is 3. The second kappa shape index (κ2) is 10.4. The van der Waals surface area contributed by atoms with Gasteiger partial charge < -0.3 is 20.1 Å². The summed E-state index contributed by atoms with van der Waals surface area (Å²) >= 11 is 0. The smallest absolute Gasteiger partial charge is 0.416 e. The number of nitrogens with one attached hydrogen (secondary N) is 1. The minimum absolute atomic E-state index is 0.0372. The zero-order chi connectivity index (χ0) is 26.9. The maximum absolute atomic E-state index is 13.9. The van der Waals surface area contributed by atoms with Gasteiger partial charge in [-0.1, -0.05) is 54.6 Å². The molecule has 1 heterocycles. The van der Waals surface area contributed by atoms with E-state index in [2.05, 4.69) is 5.32 Å². The molecule has 1 amide bonds. The monoisotopic (exact) mass is 524 g/mol. The first-order valence-corrected chi connectivity index (χ1v) is 12.5. The molecule has 1 saturated heterocycles. The van der Waals surface area contributed by atoms with Gasteiger partial charge in [-0.05, 0) is 52.8 Å². The normalized spacial score (nSPS) is 15.6. The Morgan fingerprint density at radius 1 is 0.974 bits per heavy atom. The molecule has 198 valence electrons. The summed E-state index contributed by atoms with van der Waals surface area (Å²) < 4.78 is 47.1. The number of hydrogen-bond acceptors (Lipinski definition) is 4. The lowest BCUT2D eigenvalue weighted by Gasteiger charge is -2.22. The highest BCUT2D eigenvalue weighted by molar-refractivity contribution is 5.81. The molecule has 1 aliphatic carbocycles. The third-order valence-corrected chi connectivity index (χ3v) is 7.23. The van der Waals surface area contributed by atoms with Crippen molar-refractivity contribution in [2.75, 3.05) is 24.6 Å². The Morgan fingerprint density at radius 2 is 1.58 bits per heavy atom. The van der Waals surface area contributed by atoms with E-state index in [-0.39, 0.29) is 18.1 Å². The van der Waals surface area contributed by atoms with E-state index in [0.29, 0.717) is 18.8 Å². The van der Waals surface area contributed by atoms with Crippen LogP contribution in [0, 0.1) is 0 Å². The van der Waals surface area contributed by atoms with Crippen LogP contribution < -0.4 is 10.2 Å². The number of carboxylic acids is 1. The molecule has 0 spiro atoms. The number of alkyl carbamates (subject to hydrolysis) is 1. The first-order valence-electron chi connectivity index (χ1n) is 12.5. The maximum atomic E-state index is 13.9. The van der Waals surface area contributed by atoms with Crippen LogP contribution in [0.1, 0.15) is 41.0 Å². The fourth-order valence-electron chi connectivity index (χ4n) is 5.38. The molecule has 5 rings (SSSR count). The Labute approximate surface area is 218 Å². The van der Waals surface area contributed by atoms with Crippen LogP contribution >= 0.6 is 0 Å². The molecular weight excluding hydrogens is 497 g/mol. The molecule has 38 heavy (non-hydrogen) atoms. The molecule has 2 N–H and O–H groups in total. The van der Waals surface area contributed by atoms with Gasteiger partial charge in [-0.25, -0.2) is 9.59 Å². The van der Waals surface area contributed by atoms with Gasteiger partial charge in [0.25, 0.3) is 0 Å². The van der Waals surface area contributed by atoms with E-state index in [1.165, 1.54) is 6.07 Å². The second-order valence-corrected chi connectivity index (χ2v) is 9.60. The number of ether oxygens (including phenoxy) is 1. The van der Waals surface area contributed by atoms with Gasteiger partial charge in [0.1, 0.15) is 12.6 Å². The molecule has 0 radical (unpaired) electrons. The highest BCUT2D eigenvalue weighted by Crippen LogP contribution is 2.44. The highest BCUT2D eigenvalue weighted by Gasteiger charge is 2.36. The first kappa shape index (κ1) is 25.6. The number of aliphatic carboxylic acids is 1. The van der Waals surface area contributed by atoms with Gasteiger partial charge in [0, 0.05) is 31.1 Å². The van der Waals surface area contributed by atoms with Crippen LogP contribution in [0.25, 0.3) is 11.1 Å². The van der Waals surface area contributed by atoms with Gasteiger partial charge in [0.2, 0.25) is 0 Å². The minimum Gasteiger partial charge on any atom is -0.480 e. The number of carbonyl (C=O) groups is 2. The fraction of sp³-hybridized carbons (Fsp3) is 0.310. The van der Waals surface area contributed by atoms with Crippen LogP contribution in [-0.4, -0.2) is 42.9 Å². The zero-order valence-corrected chi connectivity index (χ0v) is 20.5. The Balaban J connectivity index is 1.29. The molecule has 3 aromatic rings. The van der Waals surface area contributed by atoms with E-state index in [1.54, 1.807) is 6.07 Å². The van der Waals surface area contributed by atoms with Crippen LogP contribution in [0.2, 0.25) is 0 Å². The predicted molar refractivity (Wildman–Crippen MR) is 136 cm³/mol. The summed E-state index contributed by atoms with van der Waals surface area (Å²) in [7, 11) is 0. The first-order chi connectivity index (χ1) is 18.2. The molecule has 1 atom stereocenters. The van der Waals surface area contributed by atoms with E-state index < -0.39 is 36.3 Å². The van der Waals surface area contributed by atoms with Crippen molar-refractivity contribution < 1.29 is 32.6 Å². The molecule has 0 aromatic heterocycles. The number of carboxylic acid groups (broad SMARTS) is 1. The molecule has 0 saturated carbocycles. The summed E-state index contributed by atoms with van der Waals surface area (Å²) in [5.41, 5.74) is 3.41. The van der Waals surface area contributed by atoms with Crippen molar-refractivity contribution in [2.45, 2.75) is 37.4 Å². The summed E-state index contributed by atoms with van der Waals surface area (Å²) in [5, 5.41) is 11.9. The number of fused-ring (bicyclic) bond motifs is 3. The number of hydrogen-bond donors (Lipinski definition) is 2. The predicted octanol–water partition coefficient (Wildman–Crippen LogP) is 5.84. The van der Waals surface area contributed by atoms with Gasteiger partial charge in [0.05, 0.1) is 5.56 Å². The molecule has 9 heteroatoms. The van der Waals surface area contributed by atoms with Gasteiger partial charge in [0.15, 0.2) is 0 Å². The zero-order valence-electron chi connectivity index (χ0n) is 20.5. The molecule has 1 fully saturated rings. The SMILES string of the molecule is O=C(NC(Cc1ccc(N2CCCC2)cc1C(F)(F)F)C(=O)O)OCC1c2ccccc2-c2ccccc21. The van der Waals surface area contributed by atoms with Crippen LogP contribution in [0.4, 0.5) is 23.7 Å². The van der Waals surface area contributed by atoms with Crippen molar-refractivity contribution in [2.24, 2.45) is 0 Å². The standard InChI is InChI=1S/C29H27F3N2O4/c30-29(31,32)25-16-19(34-13-5-6-14-34)12-11-18(25)15-26(27(35)36)33-28(37)38-17-24-22-9-3-1-7-20(22)21-8-2-4-10-23(21)24/h1-4,7-12,16,24,26H,5-6,13-15,17H2,(H,33,37)(H,35,36). The number of nitrogens with zero attached hydrogens (tertiary/aromatic N) is 1. The van der Waals surface area contributed by atoms with E-state index >= 15 is 0 Å². The number of alkyl halides is 3. The van der Waals surface area contributed by atoms with Crippen molar-refractivity contribution in [3.8, 4) is 11.1 Å². The number of anilines is 1. The largest absolute Gasteiger partial charge is 0.480 e. The summed E-state index contributed by atoms with van der Waals surface area (Å²) in [4.78, 5) is 26.4. The quantitative estimate of drug-likeness (QED) is 0.406. The third kappa shape index (κ3) is 5.18. The fourth-order valence-corrected chi connectivity index (χ4v) is 5.38. The highest BCUT2D eigenvalue weighted by atomic mass is 19.4. The number of halogens is 3. The summed E-state index contributed by atoms with van der Waals surface area (Å²) in [6.45, 7) is 1.32. The number of carbonyl (C=O) groups excluding carboxylic acids is 1. The molecule has 1 aliphatic heterocycles. The van der Waals surface area contributed by atoms with E-state index in [0.717, 1.165) is 41.2 Å². The van der Waals surface area contributed by atoms with Crippen molar-refractivity contribution >= 4 is 17.7 Å². The minimum atomic E-state index is -4.67. The third-order valence-electron chi connectivity index (χ3n) is 7.23. The van der Waals surface area contributed by atoms with Crippen molar-refractivity contribution in [1.29, 1.82) is 0 Å². The molecule has 6 nitrogen and oxygen atoms in total. The lowest BCUT2D eigenvalue weighted by molar-refractivity contribution is -0.141. The van der Waals surface area contributed by atoms with Crippen molar-refractivity contribution in [1.82, 2.24) is 5.32 Å². The van der Waals surface area contributed by atoms with E-state index in [1.807, 2.05) is 53.4 Å². The topological polar surface area (TPSA) is 78.9 Å². The second-order valence-electron chi connectivity index (χ2n) is 9.60. The number of amides is 1. The Kier molecular flexibility index (Phi) is 7.01. The van der Waals surface area contributed by atoms with Crippen LogP contribution in [0.15, 0.2) is 66.7 Å². The average molecular weight is 525 g/mol. The van der Waals surface area contributed by atoms with Crippen molar-refractivity contribution in [3.05, 3.63) is 89.0 Å². The van der Waals surface area contributed by atoms with Gasteiger partial charge in [-0.2, -0.15) is 13.2 Å². The lowest BCUT2D eigenvalue weighted by atomic mass is 9.98. The maximum Gasteiger partial charge on any atom is 0.416 e. The summed E-state index contributed by atoms with van der Waals surface area (Å²) in [6.07, 6.45) is -4.38. The van der Waals surface area contributed by atoms with Gasteiger partial charge >= 0.3 is 18.2 Å². The van der Waals surface area contributed by atoms with Gasteiger partial charge in [-0.3, -0.25) is 0 Å². The molecule has 2 aliphatic rings. The molecule has 3 aromatic carbocycles. The van der Waals surface area contributed by atoms with Crippen LogP contribution in [0.5, 0.6) is 0 Å². The lowest BCUT2D eigenvalue weighted by Crippen LogP contribution is -2.43. The van der Waals surface area contributed by atoms with Crippen LogP contribution in [0.3, 0.4) is 0 Å². The van der Waals surface area contributed by atoms with Gasteiger partial charge in [-0.15, -0.1) is 0 Å². The van der Waals surface area contributed by atoms with Crippen LogP contribution in [-0.2, 0) is 22.1 Å². The molecular formula is C29H27F3N2O4. The summed E-state index contributed by atoms with van der Waals surface area (Å²) in [6, 6.07) is 17.9. The summed E-state index contributed by atoms with van der Waals surface area (Å²) in [5.74, 6) is -1.68. The average Bonchev–Trinajstić information content (AvgIpc) is 3.54. The Morgan fingerprint density at radius 3 is 2.16 bits per heavy atom. The molecule has 0 bridgehead atoms.